The third-order valence-corrected chi connectivity index (χ3v) is 4.38. The number of aryl methyl sites for hydroxylation is 1. The number of hydrogen-bond acceptors (Lipinski definition) is 3. The molecule has 0 aliphatic carbocycles. The highest BCUT2D eigenvalue weighted by Gasteiger charge is 2.13. The first-order valence-corrected chi connectivity index (χ1v) is 8.75. The van der Waals surface area contributed by atoms with Crippen molar-refractivity contribution in [1.29, 1.82) is 0 Å². The molecule has 0 fully saturated rings. The number of carbonyl (C=O) groups excluding carboxylic acids is 1. The fraction of sp³-hybridized carbons (Fsp3) is 0.263. The van der Waals surface area contributed by atoms with Crippen LogP contribution in [0.15, 0.2) is 42.5 Å². The van der Waals surface area contributed by atoms with Crippen molar-refractivity contribution in [3.63, 3.8) is 0 Å². The molecule has 0 saturated heterocycles. The van der Waals surface area contributed by atoms with Gasteiger partial charge < -0.3 is 15.4 Å². The van der Waals surface area contributed by atoms with Crippen LogP contribution in [0.3, 0.4) is 0 Å². The Labute approximate surface area is 158 Å². The predicted molar refractivity (Wildman–Crippen MR) is 106 cm³/mol. The van der Waals surface area contributed by atoms with Crippen molar-refractivity contribution in [2.45, 2.75) is 26.3 Å². The Bertz CT molecular complexity index is 763. The van der Waals surface area contributed by atoms with Crippen LogP contribution >= 0.6 is 23.8 Å². The zero-order valence-corrected chi connectivity index (χ0v) is 16.0. The molecule has 2 aromatic carbocycles. The number of carbonyl (C=O) groups is 1. The summed E-state index contributed by atoms with van der Waals surface area (Å²) in [6.07, 6.45) is 0.876. The van der Waals surface area contributed by atoms with Crippen LogP contribution in [0.5, 0.6) is 0 Å². The summed E-state index contributed by atoms with van der Waals surface area (Å²) in [4.78, 5) is 11.7. The summed E-state index contributed by atoms with van der Waals surface area (Å²) in [5.41, 5.74) is 3.33. The topological polar surface area (TPSA) is 50.4 Å². The third-order valence-electron chi connectivity index (χ3n) is 3.83. The van der Waals surface area contributed by atoms with Crippen LogP contribution in [0.1, 0.15) is 40.9 Å². The highest BCUT2D eigenvalue weighted by molar-refractivity contribution is 7.80. The highest BCUT2D eigenvalue weighted by atomic mass is 35.5. The van der Waals surface area contributed by atoms with Crippen molar-refractivity contribution in [1.82, 2.24) is 5.32 Å². The van der Waals surface area contributed by atoms with E-state index in [1.807, 2.05) is 0 Å². The van der Waals surface area contributed by atoms with Gasteiger partial charge in [0.15, 0.2) is 5.11 Å². The van der Waals surface area contributed by atoms with Gasteiger partial charge in [-0.2, -0.15) is 0 Å². The second-order valence-corrected chi connectivity index (χ2v) is 6.47. The van der Waals surface area contributed by atoms with Gasteiger partial charge >= 0.3 is 5.97 Å². The first kappa shape index (κ1) is 19.2. The standard InChI is InChI=1S/C19H21ClN2O2S/c1-4-16(13-7-5-12(2)6-8-13)21-19(25)22-17-11-14(18(23)24-3)9-10-15(17)20/h5-11,16H,4H2,1-3H3,(H2,21,22,25). The summed E-state index contributed by atoms with van der Waals surface area (Å²) < 4.78 is 4.73. The van der Waals surface area contributed by atoms with E-state index in [0.717, 1.165) is 12.0 Å². The van der Waals surface area contributed by atoms with Crippen molar-refractivity contribution >= 4 is 40.6 Å². The van der Waals surface area contributed by atoms with E-state index >= 15 is 0 Å². The summed E-state index contributed by atoms with van der Waals surface area (Å²) in [6.45, 7) is 4.14. The normalized spacial score (nSPS) is 11.5. The number of rotatable bonds is 5. The molecular weight excluding hydrogens is 356 g/mol. The van der Waals surface area contributed by atoms with Crippen molar-refractivity contribution in [2.75, 3.05) is 12.4 Å². The van der Waals surface area contributed by atoms with E-state index in [1.165, 1.54) is 12.7 Å². The molecule has 4 nitrogen and oxygen atoms in total. The van der Waals surface area contributed by atoms with Crippen LogP contribution in [-0.2, 0) is 4.74 Å². The predicted octanol–water partition coefficient (Wildman–Crippen LogP) is 4.87. The minimum atomic E-state index is -0.426. The minimum Gasteiger partial charge on any atom is -0.465 e. The SMILES string of the molecule is CCC(NC(=S)Nc1cc(C(=O)OC)ccc1Cl)c1ccc(C)cc1. The van der Waals surface area contributed by atoms with E-state index in [-0.39, 0.29) is 6.04 Å². The summed E-state index contributed by atoms with van der Waals surface area (Å²) in [5.74, 6) is -0.426. The Hall–Kier alpha value is -2.11. The zero-order chi connectivity index (χ0) is 18.4. The molecule has 0 aliphatic heterocycles. The minimum absolute atomic E-state index is 0.0863. The Kier molecular flexibility index (Phi) is 6.79. The first-order chi connectivity index (χ1) is 11.9. The van der Waals surface area contributed by atoms with Crippen LogP contribution < -0.4 is 10.6 Å². The lowest BCUT2D eigenvalue weighted by atomic mass is 10.0. The summed E-state index contributed by atoms with van der Waals surface area (Å²) in [6, 6.07) is 13.3. The van der Waals surface area contributed by atoms with Gasteiger partial charge in [-0.3, -0.25) is 0 Å². The van der Waals surface area contributed by atoms with E-state index in [9.17, 15) is 4.79 Å². The second kappa shape index (κ2) is 8.83. The smallest absolute Gasteiger partial charge is 0.337 e. The molecular formula is C19H21ClN2O2S. The number of benzene rings is 2. The molecule has 6 heteroatoms. The number of thiocarbonyl (C=S) groups is 1. The Morgan fingerprint density at radius 3 is 2.52 bits per heavy atom. The van der Waals surface area contributed by atoms with Crippen LogP contribution in [0.2, 0.25) is 5.02 Å². The van der Waals surface area contributed by atoms with Gasteiger partial charge in [0.2, 0.25) is 0 Å². The van der Waals surface area contributed by atoms with Crippen molar-refractivity contribution in [3.05, 3.63) is 64.2 Å². The molecule has 0 aromatic heterocycles. The quantitative estimate of drug-likeness (QED) is 0.575. The summed E-state index contributed by atoms with van der Waals surface area (Å²) in [5, 5.41) is 7.26. The molecule has 2 N–H and O–H groups in total. The maximum atomic E-state index is 11.7. The van der Waals surface area contributed by atoms with Crippen molar-refractivity contribution < 1.29 is 9.53 Å². The van der Waals surface area contributed by atoms with Gasteiger partial charge in [-0.15, -0.1) is 0 Å². The molecule has 0 aliphatic rings. The van der Waals surface area contributed by atoms with Crippen LogP contribution in [0, 0.1) is 6.92 Å². The number of esters is 1. The molecule has 25 heavy (non-hydrogen) atoms. The molecule has 0 spiro atoms. The number of nitrogens with one attached hydrogen (secondary N) is 2. The first-order valence-electron chi connectivity index (χ1n) is 7.96. The van der Waals surface area contributed by atoms with Crippen molar-refractivity contribution in [2.24, 2.45) is 0 Å². The number of halogens is 1. The zero-order valence-electron chi connectivity index (χ0n) is 14.4. The lowest BCUT2D eigenvalue weighted by Crippen LogP contribution is -2.32. The molecule has 2 rings (SSSR count). The average molecular weight is 377 g/mol. The fourth-order valence-corrected chi connectivity index (χ4v) is 2.82. The Morgan fingerprint density at radius 2 is 1.92 bits per heavy atom. The lowest BCUT2D eigenvalue weighted by molar-refractivity contribution is 0.0601. The average Bonchev–Trinajstić information content (AvgIpc) is 2.61. The maximum absolute atomic E-state index is 11.7. The molecule has 132 valence electrons. The Morgan fingerprint density at radius 1 is 1.24 bits per heavy atom. The molecule has 0 amide bonds. The van der Waals surface area contributed by atoms with Crippen LogP contribution in [0.25, 0.3) is 0 Å². The monoisotopic (exact) mass is 376 g/mol. The second-order valence-electron chi connectivity index (χ2n) is 5.66. The van der Waals surface area contributed by atoms with Gasteiger partial charge in [-0.05, 0) is 49.3 Å². The number of methoxy groups -OCH3 is 1. The van der Waals surface area contributed by atoms with E-state index in [2.05, 4.69) is 48.7 Å². The van der Waals surface area contributed by atoms with Gasteiger partial charge in [-0.25, -0.2) is 4.79 Å². The highest BCUT2D eigenvalue weighted by Crippen LogP contribution is 2.24. The van der Waals surface area contributed by atoms with Crippen LogP contribution in [0.4, 0.5) is 5.69 Å². The number of anilines is 1. The van der Waals surface area contributed by atoms with E-state index in [4.69, 9.17) is 28.6 Å². The van der Waals surface area contributed by atoms with E-state index < -0.39 is 5.97 Å². The maximum Gasteiger partial charge on any atom is 0.337 e. The summed E-state index contributed by atoms with van der Waals surface area (Å²) in [7, 11) is 1.34. The van der Waals surface area contributed by atoms with Gasteiger partial charge in [-0.1, -0.05) is 48.4 Å². The van der Waals surface area contributed by atoms with Gasteiger partial charge in [0.1, 0.15) is 0 Å². The molecule has 2 aromatic rings. The molecule has 0 heterocycles. The number of hydrogen-bond donors (Lipinski definition) is 2. The van der Waals surface area contributed by atoms with Crippen molar-refractivity contribution in [3.8, 4) is 0 Å². The van der Waals surface area contributed by atoms with E-state index in [1.54, 1.807) is 18.2 Å². The fourth-order valence-electron chi connectivity index (χ4n) is 2.40. The van der Waals surface area contributed by atoms with E-state index in [0.29, 0.717) is 21.4 Å². The van der Waals surface area contributed by atoms with Gasteiger partial charge in [0.25, 0.3) is 0 Å². The molecule has 0 bridgehead atoms. The van der Waals surface area contributed by atoms with Crippen LogP contribution in [-0.4, -0.2) is 18.2 Å². The van der Waals surface area contributed by atoms with Gasteiger partial charge in [0.05, 0.1) is 29.4 Å². The molecule has 1 atom stereocenters. The lowest BCUT2D eigenvalue weighted by Gasteiger charge is -2.20. The Balaban J connectivity index is 2.10. The molecule has 1 unspecified atom stereocenters. The largest absolute Gasteiger partial charge is 0.465 e. The molecule has 0 radical (unpaired) electrons. The number of ether oxygens (including phenoxy) is 1. The molecule has 0 saturated carbocycles. The third kappa shape index (κ3) is 5.18. The van der Waals surface area contributed by atoms with Gasteiger partial charge in [0, 0.05) is 0 Å². The summed E-state index contributed by atoms with van der Waals surface area (Å²) >= 11 is 11.6.